The number of aromatic nitrogens is 1. The van der Waals surface area contributed by atoms with E-state index in [4.69, 9.17) is 0 Å². The van der Waals surface area contributed by atoms with Crippen molar-refractivity contribution in [3.8, 4) is 22.3 Å². The van der Waals surface area contributed by atoms with E-state index in [9.17, 15) is 0 Å². The largest absolute Gasteiger partial charge is 0.310 e. The first-order chi connectivity index (χ1) is 18.8. The van der Waals surface area contributed by atoms with Crippen LogP contribution in [0.2, 0.25) is 0 Å². The molecular weight excluding hydrogens is 480 g/mol. The fourth-order valence-corrected chi connectivity index (χ4v) is 6.17. The van der Waals surface area contributed by atoms with E-state index >= 15 is 0 Å². The van der Waals surface area contributed by atoms with Gasteiger partial charge >= 0.3 is 0 Å². The minimum Gasteiger partial charge on any atom is -0.310 e. The summed E-state index contributed by atoms with van der Waals surface area (Å²) in [5, 5.41) is 2.46. The van der Waals surface area contributed by atoms with Gasteiger partial charge in [0.1, 0.15) is 0 Å². The molecule has 3 heteroatoms. The Morgan fingerprint density at radius 3 is 1.55 bits per heavy atom. The Balaban J connectivity index is 1.34. The molecule has 0 fully saturated rings. The van der Waals surface area contributed by atoms with Crippen LogP contribution in [0.5, 0.6) is 0 Å². The molecule has 0 radical (unpaired) electrons. The Labute approximate surface area is 226 Å². The average Bonchev–Trinajstić information content (AvgIpc) is 3.37. The van der Waals surface area contributed by atoms with Gasteiger partial charge in [-0.25, -0.2) is 0 Å². The second-order valence-corrected chi connectivity index (χ2v) is 10.4. The number of thiophene rings is 1. The van der Waals surface area contributed by atoms with Crippen LogP contribution in [0.25, 0.3) is 42.4 Å². The van der Waals surface area contributed by atoms with E-state index < -0.39 is 0 Å². The molecule has 0 amide bonds. The van der Waals surface area contributed by atoms with Gasteiger partial charge in [0.05, 0.1) is 0 Å². The molecule has 0 atom stereocenters. The highest BCUT2D eigenvalue weighted by atomic mass is 32.1. The van der Waals surface area contributed by atoms with Crippen molar-refractivity contribution in [2.75, 3.05) is 4.90 Å². The van der Waals surface area contributed by atoms with Gasteiger partial charge in [0, 0.05) is 49.6 Å². The molecule has 2 aromatic heterocycles. The van der Waals surface area contributed by atoms with Crippen LogP contribution >= 0.6 is 11.3 Å². The predicted octanol–water partition coefficient (Wildman–Crippen LogP) is 10.3. The van der Waals surface area contributed by atoms with Gasteiger partial charge in [0.25, 0.3) is 0 Å². The first kappa shape index (κ1) is 22.5. The topological polar surface area (TPSA) is 16.1 Å². The van der Waals surface area contributed by atoms with Crippen LogP contribution in [0.4, 0.5) is 17.1 Å². The first-order valence-corrected chi connectivity index (χ1v) is 13.5. The number of hydrogen-bond acceptors (Lipinski definition) is 3. The summed E-state index contributed by atoms with van der Waals surface area (Å²) in [6.07, 6.45) is 3.84. The van der Waals surface area contributed by atoms with Crippen molar-refractivity contribution < 1.29 is 0 Å². The number of rotatable bonds is 5. The average molecular weight is 505 g/mol. The third-order valence-corrected chi connectivity index (χ3v) is 8.11. The van der Waals surface area contributed by atoms with E-state index in [2.05, 4.69) is 143 Å². The monoisotopic (exact) mass is 504 g/mol. The van der Waals surface area contributed by atoms with Crippen molar-refractivity contribution in [2.45, 2.75) is 0 Å². The van der Waals surface area contributed by atoms with E-state index in [1.165, 1.54) is 42.4 Å². The molecule has 0 bridgehead atoms. The third-order valence-electron chi connectivity index (χ3n) is 6.98. The molecule has 0 spiro atoms. The molecule has 5 aromatic carbocycles. The van der Waals surface area contributed by atoms with Crippen LogP contribution in [0, 0.1) is 0 Å². The van der Waals surface area contributed by atoms with E-state index in [1.54, 1.807) is 0 Å². The molecule has 0 aliphatic carbocycles. The van der Waals surface area contributed by atoms with Crippen LogP contribution in [0.15, 0.2) is 146 Å². The highest BCUT2D eigenvalue weighted by molar-refractivity contribution is 7.25. The Kier molecular flexibility index (Phi) is 5.69. The summed E-state index contributed by atoms with van der Waals surface area (Å²) in [6, 6.07) is 47.6. The smallest absolute Gasteiger partial charge is 0.0476 e. The number of pyridine rings is 1. The maximum absolute atomic E-state index is 4.35. The second-order valence-electron chi connectivity index (χ2n) is 9.32. The summed E-state index contributed by atoms with van der Waals surface area (Å²) in [5.41, 5.74) is 8.24. The predicted molar refractivity (Wildman–Crippen MR) is 163 cm³/mol. The van der Waals surface area contributed by atoms with E-state index in [1.807, 2.05) is 23.7 Å². The molecule has 7 rings (SSSR count). The van der Waals surface area contributed by atoms with Gasteiger partial charge in [-0.15, -0.1) is 11.3 Å². The number of hydrogen-bond donors (Lipinski definition) is 0. The number of anilines is 3. The summed E-state index contributed by atoms with van der Waals surface area (Å²) < 4.78 is 2.52. The van der Waals surface area contributed by atoms with Gasteiger partial charge < -0.3 is 4.90 Å². The van der Waals surface area contributed by atoms with Crippen molar-refractivity contribution in [3.63, 3.8) is 0 Å². The Morgan fingerprint density at radius 1 is 0.447 bits per heavy atom. The minimum atomic E-state index is 1.12. The SMILES string of the molecule is c1ccc(-c2ccc(N(c3ccc(-c4ccccc4)cc3)c3ccc4c(c3)sc3ccncc34)cc2)cc1. The Bertz CT molecular complexity index is 1760. The number of nitrogens with zero attached hydrogens (tertiary/aromatic N) is 2. The fourth-order valence-electron chi connectivity index (χ4n) is 5.06. The normalized spacial score (nSPS) is 11.2. The van der Waals surface area contributed by atoms with Gasteiger partial charge in [-0.2, -0.15) is 0 Å². The van der Waals surface area contributed by atoms with Gasteiger partial charge in [0.15, 0.2) is 0 Å². The number of fused-ring (bicyclic) bond motifs is 3. The Morgan fingerprint density at radius 2 is 0.974 bits per heavy atom. The van der Waals surface area contributed by atoms with Gasteiger partial charge in [0.2, 0.25) is 0 Å². The van der Waals surface area contributed by atoms with Crippen molar-refractivity contribution in [1.29, 1.82) is 0 Å². The Hall–Kier alpha value is -4.73. The van der Waals surface area contributed by atoms with Crippen LogP contribution in [0.3, 0.4) is 0 Å². The molecule has 0 aliphatic rings. The number of benzene rings is 5. The highest BCUT2D eigenvalue weighted by Crippen LogP contribution is 2.41. The van der Waals surface area contributed by atoms with Gasteiger partial charge in [-0.05, 0) is 64.7 Å². The molecule has 0 saturated carbocycles. The third kappa shape index (κ3) is 4.13. The molecule has 2 heterocycles. The van der Waals surface area contributed by atoms with Crippen LogP contribution in [0.1, 0.15) is 0 Å². The van der Waals surface area contributed by atoms with Crippen molar-refractivity contribution in [3.05, 3.63) is 146 Å². The molecular formula is C35H24N2S. The second kappa shape index (κ2) is 9.62. The summed E-state index contributed by atoms with van der Waals surface area (Å²) in [7, 11) is 0. The molecule has 0 aliphatic heterocycles. The lowest BCUT2D eigenvalue weighted by atomic mass is 10.0. The zero-order valence-electron chi connectivity index (χ0n) is 20.7. The van der Waals surface area contributed by atoms with Crippen LogP contribution in [-0.2, 0) is 0 Å². The zero-order valence-corrected chi connectivity index (χ0v) is 21.5. The van der Waals surface area contributed by atoms with E-state index in [-0.39, 0.29) is 0 Å². The molecule has 0 saturated heterocycles. The molecule has 38 heavy (non-hydrogen) atoms. The van der Waals surface area contributed by atoms with Crippen LogP contribution in [-0.4, -0.2) is 4.98 Å². The zero-order chi connectivity index (χ0) is 25.3. The summed E-state index contributed by atoms with van der Waals surface area (Å²) in [5.74, 6) is 0. The van der Waals surface area contributed by atoms with E-state index in [0.29, 0.717) is 0 Å². The summed E-state index contributed by atoms with van der Waals surface area (Å²) in [4.78, 5) is 6.69. The lowest BCUT2D eigenvalue weighted by Gasteiger charge is -2.26. The maximum Gasteiger partial charge on any atom is 0.0476 e. The maximum atomic E-state index is 4.35. The standard InChI is InChI=1S/C35H24N2S/c1-3-7-25(8-4-1)27-11-15-29(16-12-27)37(30-17-13-28(14-18-30)26-9-5-2-6-10-26)31-19-20-32-33-24-36-22-21-34(33)38-35(32)23-31/h1-24H. The highest BCUT2D eigenvalue weighted by Gasteiger charge is 2.15. The summed E-state index contributed by atoms with van der Waals surface area (Å²) in [6.45, 7) is 0. The molecule has 2 nitrogen and oxygen atoms in total. The quantitative estimate of drug-likeness (QED) is 0.232. The lowest BCUT2D eigenvalue weighted by molar-refractivity contribution is 1.29. The molecule has 180 valence electrons. The minimum absolute atomic E-state index is 1.12. The van der Waals surface area contributed by atoms with Crippen molar-refractivity contribution >= 4 is 48.6 Å². The fraction of sp³-hybridized carbons (Fsp3) is 0. The van der Waals surface area contributed by atoms with Crippen LogP contribution < -0.4 is 4.90 Å². The first-order valence-electron chi connectivity index (χ1n) is 12.7. The van der Waals surface area contributed by atoms with Gasteiger partial charge in [-0.1, -0.05) is 91.0 Å². The van der Waals surface area contributed by atoms with Gasteiger partial charge in [-0.3, -0.25) is 4.98 Å². The van der Waals surface area contributed by atoms with Crippen molar-refractivity contribution in [1.82, 2.24) is 4.98 Å². The van der Waals surface area contributed by atoms with E-state index in [0.717, 1.165) is 17.1 Å². The lowest BCUT2D eigenvalue weighted by Crippen LogP contribution is -2.09. The molecule has 0 N–H and O–H groups in total. The summed E-state index contributed by atoms with van der Waals surface area (Å²) >= 11 is 1.82. The molecule has 0 unspecified atom stereocenters. The molecule has 7 aromatic rings. The van der Waals surface area contributed by atoms with Crippen molar-refractivity contribution in [2.24, 2.45) is 0 Å².